The zero-order valence-corrected chi connectivity index (χ0v) is 18.0. The first-order valence-corrected chi connectivity index (χ1v) is 11.4. The molecule has 30 heavy (non-hydrogen) atoms. The molecule has 1 atom stereocenters. The van der Waals surface area contributed by atoms with Gasteiger partial charge in [0.1, 0.15) is 11.5 Å². The lowest BCUT2D eigenvalue weighted by atomic mass is 10.0. The van der Waals surface area contributed by atoms with E-state index in [1.165, 1.54) is 24.9 Å². The number of likely N-dealkylation sites (tertiary alicyclic amines) is 1. The number of fused-ring (bicyclic) bond motifs is 1. The average Bonchev–Trinajstić information content (AvgIpc) is 3.43. The third-order valence-electron chi connectivity index (χ3n) is 6.69. The Kier molecular flexibility index (Phi) is 5.97. The second-order valence-corrected chi connectivity index (χ2v) is 8.75. The van der Waals surface area contributed by atoms with Crippen LogP contribution in [-0.4, -0.2) is 66.8 Å². The third kappa shape index (κ3) is 4.51. The van der Waals surface area contributed by atoms with E-state index in [0.717, 1.165) is 75.3 Å². The van der Waals surface area contributed by atoms with Crippen molar-refractivity contribution in [3.63, 3.8) is 0 Å². The van der Waals surface area contributed by atoms with Crippen molar-refractivity contribution >= 4 is 0 Å². The highest BCUT2D eigenvalue weighted by atomic mass is 16.7. The van der Waals surface area contributed by atoms with Crippen molar-refractivity contribution in [3.8, 4) is 11.5 Å². The summed E-state index contributed by atoms with van der Waals surface area (Å²) in [4.78, 5) is 7.84. The molecule has 0 unspecified atom stereocenters. The molecule has 2 saturated heterocycles. The van der Waals surface area contributed by atoms with Crippen LogP contribution in [-0.2, 0) is 19.5 Å². The molecule has 0 amide bonds. The second-order valence-electron chi connectivity index (χ2n) is 8.75. The van der Waals surface area contributed by atoms with Crippen molar-refractivity contribution in [2.75, 3.05) is 46.1 Å². The predicted octanol–water partition coefficient (Wildman–Crippen LogP) is 3.35. The lowest BCUT2D eigenvalue weighted by Gasteiger charge is -2.43. The first kappa shape index (κ1) is 19.9. The summed E-state index contributed by atoms with van der Waals surface area (Å²) in [5.74, 6) is 3.96. The maximum atomic E-state index is 5.94. The van der Waals surface area contributed by atoms with E-state index in [4.69, 9.17) is 13.9 Å². The molecule has 6 heteroatoms. The van der Waals surface area contributed by atoms with Crippen LogP contribution >= 0.6 is 0 Å². The van der Waals surface area contributed by atoms with Crippen LogP contribution in [0.5, 0.6) is 11.5 Å². The largest absolute Gasteiger partial charge is 0.465 e. The molecular formula is C24H33N3O3. The van der Waals surface area contributed by atoms with Gasteiger partial charge in [0.2, 0.25) is 6.79 Å². The molecule has 6 nitrogen and oxygen atoms in total. The number of hydrogen-bond acceptors (Lipinski definition) is 6. The average molecular weight is 412 g/mol. The fourth-order valence-electron chi connectivity index (χ4n) is 4.97. The molecule has 162 valence electrons. The van der Waals surface area contributed by atoms with Gasteiger partial charge in [0.05, 0.1) is 6.54 Å². The Morgan fingerprint density at radius 2 is 1.70 bits per heavy atom. The number of furan rings is 1. The Morgan fingerprint density at radius 1 is 0.867 bits per heavy atom. The Bertz CT molecular complexity index is 844. The number of piperidine rings is 1. The molecule has 0 bridgehead atoms. The quantitative estimate of drug-likeness (QED) is 0.726. The lowest BCUT2D eigenvalue weighted by Crippen LogP contribution is -2.54. The molecular weight excluding hydrogens is 378 g/mol. The number of aryl methyl sites for hydroxylation is 1. The molecule has 2 aromatic rings. The van der Waals surface area contributed by atoms with Gasteiger partial charge in [-0.25, -0.2) is 0 Å². The molecule has 0 N–H and O–H groups in total. The Labute approximate surface area is 179 Å². The van der Waals surface area contributed by atoms with Crippen LogP contribution in [0.25, 0.3) is 0 Å². The van der Waals surface area contributed by atoms with E-state index in [2.05, 4.69) is 45.9 Å². The van der Waals surface area contributed by atoms with Crippen molar-refractivity contribution in [2.45, 2.75) is 45.3 Å². The zero-order chi connectivity index (χ0) is 20.3. The summed E-state index contributed by atoms with van der Waals surface area (Å²) in [5, 5.41) is 0. The number of piperazine rings is 1. The predicted molar refractivity (Wildman–Crippen MR) is 116 cm³/mol. The SMILES string of the molecule is CCc1ccc(CN2CCC[C@@H](N3CCN(Cc4ccc5c(c4)OCO5)CC3)C2)o1. The van der Waals surface area contributed by atoms with Crippen LogP contribution in [0.1, 0.15) is 36.8 Å². The summed E-state index contributed by atoms with van der Waals surface area (Å²) < 4.78 is 16.9. The monoisotopic (exact) mass is 411 g/mol. The normalized spacial score (nSPS) is 23.2. The Hall–Kier alpha value is -2.02. The van der Waals surface area contributed by atoms with Gasteiger partial charge < -0.3 is 13.9 Å². The van der Waals surface area contributed by atoms with Crippen LogP contribution in [0.15, 0.2) is 34.7 Å². The first-order valence-electron chi connectivity index (χ1n) is 11.4. The Morgan fingerprint density at radius 3 is 2.53 bits per heavy atom. The fourth-order valence-corrected chi connectivity index (χ4v) is 4.97. The zero-order valence-electron chi connectivity index (χ0n) is 18.0. The van der Waals surface area contributed by atoms with Gasteiger partial charge in [-0.2, -0.15) is 0 Å². The highest BCUT2D eigenvalue weighted by Crippen LogP contribution is 2.33. The third-order valence-corrected chi connectivity index (χ3v) is 6.69. The van der Waals surface area contributed by atoms with Crippen LogP contribution in [0.4, 0.5) is 0 Å². The van der Waals surface area contributed by atoms with Crippen molar-refractivity contribution in [2.24, 2.45) is 0 Å². The molecule has 0 aliphatic carbocycles. The smallest absolute Gasteiger partial charge is 0.231 e. The van der Waals surface area contributed by atoms with Gasteiger partial charge in [-0.15, -0.1) is 0 Å². The number of ether oxygens (including phenoxy) is 2. The summed E-state index contributed by atoms with van der Waals surface area (Å²) in [6, 6.07) is 11.3. The summed E-state index contributed by atoms with van der Waals surface area (Å²) >= 11 is 0. The van der Waals surface area contributed by atoms with E-state index in [-0.39, 0.29) is 0 Å². The van der Waals surface area contributed by atoms with Gasteiger partial charge in [-0.05, 0) is 49.2 Å². The van der Waals surface area contributed by atoms with E-state index in [0.29, 0.717) is 12.8 Å². The highest BCUT2D eigenvalue weighted by molar-refractivity contribution is 5.44. The maximum absolute atomic E-state index is 5.94. The van der Waals surface area contributed by atoms with E-state index >= 15 is 0 Å². The van der Waals surface area contributed by atoms with E-state index in [1.807, 2.05) is 6.07 Å². The lowest BCUT2D eigenvalue weighted by molar-refractivity contribution is 0.0458. The number of rotatable bonds is 6. The molecule has 3 aliphatic heterocycles. The first-order chi connectivity index (χ1) is 14.8. The van der Waals surface area contributed by atoms with Crippen LogP contribution in [0.2, 0.25) is 0 Å². The summed E-state index contributed by atoms with van der Waals surface area (Å²) in [6.07, 6.45) is 3.57. The molecule has 0 radical (unpaired) electrons. The molecule has 0 spiro atoms. The van der Waals surface area contributed by atoms with E-state index < -0.39 is 0 Å². The molecule has 3 aliphatic rings. The molecule has 5 rings (SSSR count). The minimum Gasteiger partial charge on any atom is -0.465 e. The number of nitrogens with zero attached hydrogens (tertiary/aromatic N) is 3. The van der Waals surface area contributed by atoms with Gasteiger partial charge in [-0.1, -0.05) is 13.0 Å². The van der Waals surface area contributed by atoms with Crippen molar-refractivity contribution in [1.82, 2.24) is 14.7 Å². The summed E-state index contributed by atoms with van der Waals surface area (Å²) in [7, 11) is 0. The minimum atomic E-state index is 0.343. The van der Waals surface area contributed by atoms with Gasteiger partial charge in [0.25, 0.3) is 0 Å². The van der Waals surface area contributed by atoms with E-state index in [1.54, 1.807) is 0 Å². The van der Waals surface area contributed by atoms with Gasteiger partial charge in [0, 0.05) is 51.7 Å². The van der Waals surface area contributed by atoms with Crippen molar-refractivity contribution in [3.05, 3.63) is 47.4 Å². The van der Waals surface area contributed by atoms with Gasteiger partial charge in [-0.3, -0.25) is 14.7 Å². The molecule has 0 saturated carbocycles. The van der Waals surface area contributed by atoms with E-state index in [9.17, 15) is 0 Å². The van der Waals surface area contributed by atoms with Crippen LogP contribution in [0, 0.1) is 0 Å². The molecule has 1 aromatic heterocycles. The fraction of sp³-hybridized carbons (Fsp3) is 0.583. The highest BCUT2D eigenvalue weighted by Gasteiger charge is 2.28. The number of benzene rings is 1. The van der Waals surface area contributed by atoms with Crippen molar-refractivity contribution < 1.29 is 13.9 Å². The van der Waals surface area contributed by atoms with Crippen molar-refractivity contribution in [1.29, 1.82) is 0 Å². The Balaban J connectivity index is 1.11. The summed E-state index contributed by atoms with van der Waals surface area (Å²) in [6.45, 7) is 11.3. The molecule has 2 fully saturated rings. The summed E-state index contributed by atoms with van der Waals surface area (Å²) in [5.41, 5.74) is 1.31. The van der Waals surface area contributed by atoms with Gasteiger partial charge >= 0.3 is 0 Å². The van der Waals surface area contributed by atoms with Crippen LogP contribution < -0.4 is 9.47 Å². The molecule has 1 aromatic carbocycles. The number of hydrogen-bond donors (Lipinski definition) is 0. The second kappa shape index (κ2) is 9.00. The topological polar surface area (TPSA) is 41.3 Å². The maximum Gasteiger partial charge on any atom is 0.231 e. The molecule has 4 heterocycles. The van der Waals surface area contributed by atoms with Crippen LogP contribution in [0.3, 0.4) is 0 Å². The standard InChI is InChI=1S/C24H33N3O3/c1-2-21-6-7-22(30-21)17-26-9-3-4-20(16-26)27-12-10-25(11-13-27)15-19-5-8-23-24(14-19)29-18-28-23/h5-8,14,20H,2-4,9-13,15-18H2,1H3/t20-/m1/s1. The minimum absolute atomic E-state index is 0.343. The van der Waals surface area contributed by atoms with Gasteiger partial charge in [0.15, 0.2) is 11.5 Å².